The summed E-state index contributed by atoms with van der Waals surface area (Å²) in [5.41, 5.74) is 8.29. The molecule has 35 heavy (non-hydrogen) atoms. The van der Waals surface area contributed by atoms with Crippen LogP contribution in [0.3, 0.4) is 0 Å². The van der Waals surface area contributed by atoms with E-state index < -0.39 is 0 Å². The predicted octanol–water partition coefficient (Wildman–Crippen LogP) is 7.95. The van der Waals surface area contributed by atoms with Crippen LogP contribution in [0.2, 0.25) is 0 Å². The van der Waals surface area contributed by atoms with Gasteiger partial charge in [0.15, 0.2) is 0 Å². The van der Waals surface area contributed by atoms with E-state index in [4.69, 9.17) is 4.99 Å². The van der Waals surface area contributed by atoms with E-state index in [2.05, 4.69) is 65.4 Å². The number of benzene rings is 2. The van der Waals surface area contributed by atoms with Crippen LogP contribution in [0.4, 0.5) is 11.4 Å². The van der Waals surface area contributed by atoms with E-state index in [0.29, 0.717) is 0 Å². The number of aliphatic imine (C=N–C) groups is 1. The Morgan fingerprint density at radius 2 is 1.80 bits per heavy atom. The van der Waals surface area contributed by atoms with Crippen LogP contribution in [0.25, 0.3) is 5.00 Å². The number of nitrogens with zero attached hydrogens (tertiary/aromatic N) is 2. The molecule has 6 heteroatoms. The van der Waals surface area contributed by atoms with Gasteiger partial charge in [-0.2, -0.15) is 0 Å². The van der Waals surface area contributed by atoms with Crippen molar-refractivity contribution in [3.8, 4) is 5.00 Å². The van der Waals surface area contributed by atoms with Gasteiger partial charge in [0.1, 0.15) is 5.00 Å². The molecule has 4 aromatic rings. The van der Waals surface area contributed by atoms with Gasteiger partial charge in [0.05, 0.1) is 11.3 Å². The number of hydrogen-bond acceptors (Lipinski definition) is 3. The summed E-state index contributed by atoms with van der Waals surface area (Å²) in [5.74, 6) is -0.0233. The molecule has 4 nitrogen and oxygen atoms in total. The summed E-state index contributed by atoms with van der Waals surface area (Å²) in [7, 11) is 0. The zero-order chi connectivity index (χ0) is 24.5. The van der Waals surface area contributed by atoms with Crippen LogP contribution in [0.15, 0.2) is 59.6 Å². The first kappa shape index (κ1) is 24.0. The number of thiophene rings is 1. The molecule has 1 aliphatic rings. The van der Waals surface area contributed by atoms with E-state index in [1.54, 1.807) is 11.3 Å². The van der Waals surface area contributed by atoms with Crippen molar-refractivity contribution in [3.05, 3.63) is 96.7 Å². The maximum Gasteiger partial charge on any atom is 0.258 e. The Labute approximate surface area is 224 Å². The molecule has 2 heterocycles. The maximum absolute atomic E-state index is 13.7. The number of para-hydroxylation sites is 1. The highest BCUT2D eigenvalue weighted by molar-refractivity contribution is 14.1. The summed E-state index contributed by atoms with van der Waals surface area (Å²) in [6.07, 6.45) is 6.26. The quantitative estimate of drug-likeness (QED) is 0.185. The number of rotatable bonds is 5. The van der Waals surface area contributed by atoms with Crippen LogP contribution in [-0.4, -0.2) is 16.7 Å². The third-order valence-electron chi connectivity index (χ3n) is 6.56. The zero-order valence-corrected chi connectivity index (χ0v) is 23.2. The van der Waals surface area contributed by atoms with Gasteiger partial charge >= 0.3 is 0 Å². The Hall–Kier alpha value is -2.71. The van der Waals surface area contributed by atoms with Crippen LogP contribution < -0.4 is 5.32 Å². The molecular weight excluding hydrogens is 565 g/mol. The fourth-order valence-corrected chi connectivity index (χ4v) is 6.72. The lowest BCUT2D eigenvalue weighted by Gasteiger charge is -2.14. The molecule has 0 spiro atoms. The number of fused-ring (bicyclic) bond motifs is 1. The SMILES string of the molecule is Cc1ccc(NC(=O)c2c(-n3c(C)cc(C=Nc4ccccc4I)c3C)sc3c2CCCC3)cc1. The molecule has 1 amide bonds. The summed E-state index contributed by atoms with van der Waals surface area (Å²) in [6, 6.07) is 18.3. The Balaban J connectivity index is 1.56. The lowest BCUT2D eigenvalue weighted by molar-refractivity contribution is 0.102. The Morgan fingerprint density at radius 3 is 2.57 bits per heavy atom. The molecule has 0 unspecified atom stereocenters. The molecule has 5 rings (SSSR count). The van der Waals surface area contributed by atoms with Gasteiger partial charge < -0.3 is 9.88 Å². The molecule has 0 aliphatic heterocycles. The molecule has 2 aromatic carbocycles. The number of aromatic nitrogens is 1. The number of hydrogen-bond donors (Lipinski definition) is 1. The van der Waals surface area contributed by atoms with Crippen molar-refractivity contribution in [2.45, 2.75) is 46.5 Å². The first-order valence-electron chi connectivity index (χ1n) is 11.9. The molecule has 0 atom stereocenters. The second-order valence-electron chi connectivity index (χ2n) is 9.08. The minimum atomic E-state index is -0.0233. The van der Waals surface area contributed by atoms with Gasteiger partial charge in [0.2, 0.25) is 0 Å². The molecule has 0 saturated heterocycles. The van der Waals surface area contributed by atoms with Gasteiger partial charge in [-0.3, -0.25) is 9.79 Å². The average Bonchev–Trinajstić information content (AvgIpc) is 3.36. The van der Waals surface area contributed by atoms with Crippen LogP contribution in [-0.2, 0) is 12.8 Å². The molecule has 2 aromatic heterocycles. The fraction of sp³-hybridized carbons (Fsp3) is 0.241. The van der Waals surface area contributed by atoms with E-state index in [0.717, 1.165) is 61.7 Å². The highest BCUT2D eigenvalue weighted by Gasteiger charge is 2.28. The first-order chi connectivity index (χ1) is 16.9. The zero-order valence-electron chi connectivity index (χ0n) is 20.2. The van der Waals surface area contributed by atoms with Crippen LogP contribution >= 0.6 is 33.9 Å². The maximum atomic E-state index is 13.7. The number of amides is 1. The molecule has 178 valence electrons. The van der Waals surface area contributed by atoms with Crippen molar-refractivity contribution in [2.75, 3.05) is 5.32 Å². The van der Waals surface area contributed by atoms with Gasteiger partial charge in [-0.25, -0.2) is 0 Å². The van der Waals surface area contributed by atoms with Gasteiger partial charge in [-0.1, -0.05) is 29.8 Å². The largest absolute Gasteiger partial charge is 0.322 e. The minimum absolute atomic E-state index is 0.0233. The third kappa shape index (κ3) is 4.86. The van der Waals surface area contributed by atoms with Crippen molar-refractivity contribution in [2.24, 2.45) is 4.99 Å². The van der Waals surface area contributed by atoms with E-state index in [-0.39, 0.29) is 5.91 Å². The standard InChI is InChI=1S/C29H28IN3OS/c1-18-12-14-22(15-13-18)32-28(34)27-23-8-4-7-11-26(23)35-29(27)33-19(2)16-21(20(33)3)17-31-25-10-6-5-9-24(25)30/h5-6,9-10,12-17H,4,7-8,11H2,1-3H3,(H,32,34). The summed E-state index contributed by atoms with van der Waals surface area (Å²) in [5, 5.41) is 4.18. The highest BCUT2D eigenvalue weighted by Crippen LogP contribution is 2.39. The highest BCUT2D eigenvalue weighted by atomic mass is 127. The number of carbonyl (C=O) groups is 1. The van der Waals surface area contributed by atoms with Gasteiger partial charge in [0.25, 0.3) is 5.91 Å². The Morgan fingerprint density at radius 1 is 1.06 bits per heavy atom. The van der Waals surface area contributed by atoms with Crippen molar-refractivity contribution >= 4 is 57.4 Å². The summed E-state index contributed by atoms with van der Waals surface area (Å²) in [6.45, 7) is 6.28. The molecule has 0 fully saturated rings. The van der Waals surface area contributed by atoms with Crippen molar-refractivity contribution < 1.29 is 4.79 Å². The topological polar surface area (TPSA) is 46.4 Å². The lowest BCUT2D eigenvalue weighted by atomic mass is 9.95. The molecule has 0 radical (unpaired) electrons. The van der Waals surface area contributed by atoms with Crippen LogP contribution in [0.5, 0.6) is 0 Å². The summed E-state index contributed by atoms with van der Waals surface area (Å²) < 4.78 is 3.36. The van der Waals surface area contributed by atoms with Crippen molar-refractivity contribution in [3.63, 3.8) is 0 Å². The number of carbonyl (C=O) groups excluding carboxylic acids is 1. The van der Waals surface area contributed by atoms with E-state index in [9.17, 15) is 4.79 Å². The molecule has 1 aliphatic carbocycles. The third-order valence-corrected chi connectivity index (χ3v) is 8.75. The molecule has 1 N–H and O–H groups in total. The summed E-state index contributed by atoms with van der Waals surface area (Å²) >= 11 is 4.09. The van der Waals surface area contributed by atoms with Crippen LogP contribution in [0.1, 0.15) is 56.2 Å². The van der Waals surface area contributed by atoms with E-state index in [1.807, 2.05) is 48.7 Å². The Bertz CT molecular complexity index is 1430. The predicted molar refractivity (Wildman–Crippen MR) is 155 cm³/mol. The smallest absolute Gasteiger partial charge is 0.258 e. The number of halogens is 1. The molecule has 0 bridgehead atoms. The Kier molecular flexibility index (Phi) is 6.93. The van der Waals surface area contributed by atoms with E-state index >= 15 is 0 Å². The van der Waals surface area contributed by atoms with Crippen molar-refractivity contribution in [1.82, 2.24) is 4.57 Å². The van der Waals surface area contributed by atoms with Gasteiger partial charge in [0, 0.05) is 37.3 Å². The number of nitrogens with one attached hydrogen (secondary N) is 1. The summed E-state index contributed by atoms with van der Waals surface area (Å²) in [4.78, 5) is 19.8. The minimum Gasteiger partial charge on any atom is -0.322 e. The van der Waals surface area contributed by atoms with Gasteiger partial charge in [-0.15, -0.1) is 11.3 Å². The number of aryl methyl sites for hydroxylation is 3. The van der Waals surface area contributed by atoms with E-state index in [1.165, 1.54) is 22.4 Å². The fourth-order valence-electron chi connectivity index (χ4n) is 4.70. The average molecular weight is 594 g/mol. The monoisotopic (exact) mass is 593 g/mol. The normalized spacial score (nSPS) is 13.3. The lowest BCUT2D eigenvalue weighted by Crippen LogP contribution is -2.17. The number of anilines is 1. The molecule has 0 saturated carbocycles. The first-order valence-corrected chi connectivity index (χ1v) is 13.8. The molecular formula is C29H28IN3OS. The van der Waals surface area contributed by atoms with Crippen molar-refractivity contribution in [1.29, 1.82) is 0 Å². The van der Waals surface area contributed by atoms with Gasteiger partial charge in [-0.05, 0) is 105 Å². The second kappa shape index (κ2) is 10.1. The van der Waals surface area contributed by atoms with Crippen LogP contribution in [0, 0.1) is 24.3 Å². The second-order valence-corrected chi connectivity index (χ2v) is 11.3.